The maximum absolute atomic E-state index is 11.8. The topological polar surface area (TPSA) is 66.6 Å². The van der Waals surface area contributed by atoms with E-state index in [-0.39, 0.29) is 11.0 Å². The minimum Gasteiger partial charge on any atom is -0.330 e. The van der Waals surface area contributed by atoms with Crippen molar-refractivity contribution in [3.8, 4) is 0 Å². The lowest BCUT2D eigenvalue weighted by Crippen LogP contribution is -2.35. The Hall–Kier alpha value is -0.170. The van der Waals surface area contributed by atoms with Gasteiger partial charge in [-0.2, -0.15) is 0 Å². The summed E-state index contributed by atoms with van der Waals surface area (Å²) < 4.78 is 23.6. The molecule has 1 rings (SSSR count). The molecule has 0 radical (unpaired) electrons. The number of nitrogens with zero attached hydrogens (tertiary/aromatic N) is 2. The van der Waals surface area contributed by atoms with Crippen LogP contribution in [-0.2, 0) is 9.84 Å². The lowest BCUT2D eigenvalue weighted by atomic mass is 10.3. The van der Waals surface area contributed by atoms with E-state index in [4.69, 9.17) is 5.73 Å². The third-order valence-electron chi connectivity index (χ3n) is 3.77. The second-order valence-corrected chi connectivity index (χ2v) is 8.27. The van der Waals surface area contributed by atoms with E-state index in [1.807, 2.05) is 0 Å². The Morgan fingerprint density at radius 1 is 1.05 bits per heavy atom. The van der Waals surface area contributed by atoms with Crippen molar-refractivity contribution in [1.29, 1.82) is 0 Å². The molecule has 0 aliphatic carbocycles. The monoisotopic (exact) mass is 291 g/mol. The molecule has 0 aromatic heterocycles. The molecule has 0 unspecified atom stereocenters. The fourth-order valence-corrected chi connectivity index (χ4v) is 3.26. The van der Waals surface area contributed by atoms with E-state index in [2.05, 4.69) is 9.80 Å². The number of nitrogens with two attached hydrogens (primary N) is 1. The number of hydrogen-bond donors (Lipinski definition) is 1. The zero-order valence-electron chi connectivity index (χ0n) is 12.3. The summed E-state index contributed by atoms with van der Waals surface area (Å²) in [6, 6.07) is 0. The van der Waals surface area contributed by atoms with Crippen molar-refractivity contribution in [3.05, 3.63) is 0 Å². The van der Waals surface area contributed by atoms with Crippen LogP contribution in [0.25, 0.3) is 0 Å². The molecule has 0 aromatic rings. The Morgan fingerprint density at radius 2 is 1.63 bits per heavy atom. The second kappa shape index (κ2) is 8.19. The number of rotatable bonds is 7. The smallest absolute Gasteiger partial charge is 0.153 e. The highest BCUT2D eigenvalue weighted by molar-refractivity contribution is 7.92. The molecule has 0 spiro atoms. The maximum atomic E-state index is 11.8. The van der Waals surface area contributed by atoms with Gasteiger partial charge in [0.1, 0.15) is 0 Å². The Balaban J connectivity index is 2.33. The van der Waals surface area contributed by atoms with Gasteiger partial charge in [-0.05, 0) is 52.9 Å². The fraction of sp³-hybridized carbons (Fsp3) is 1.00. The van der Waals surface area contributed by atoms with E-state index in [0.717, 1.165) is 52.1 Å². The molecule has 5 nitrogen and oxygen atoms in total. The van der Waals surface area contributed by atoms with Crippen LogP contribution in [0.1, 0.15) is 26.7 Å². The highest BCUT2D eigenvalue weighted by atomic mass is 32.2. The minimum absolute atomic E-state index is 0.263. The molecule has 1 saturated heterocycles. The molecule has 19 heavy (non-hydrogen) atoms. The molecule has 114 valence electrons. The van der Waals surface area contributed by atoms with Crippen LogP contribution in [0.5, 0.6) is 0 Å². The van der Waals surface area contributed by atoms with Gasteiger partial charge in [0.25, 0.3) is 0 Å². The Labute approximate surface area is 118 Å². The van der Waals surface area contributed by atoms with Crippen LogP contribution < -0.4 is 5.73 Å². The average molecular weight is 291 g/mol. The molecule has 1 heterocycles. The van der Waals surface area contributed by atoms with Gasteiger partial charge in [0.2, 0.25) is 0 Å². The summed E-state index contributed by atoms with van der Waals surface area (Å²) in [7, 11) is -2.91. The molecule has 0 amide bonds. The summed E-state index contributed by atoms with van der Waals surface area (Å²) in [5, 5.41) is -0.263. The van der Waals surface area contributed by atoms with Crippen LogP contribution in [0.3, 0.4) is 0 Å². The number of hydrogen-bond acceptors (Lipinski definition) is 5. The summed E-state index contributed by atoms with van der Waals surface area (Å²) in [4.78, 5) is 4.71. The normalized spacial score (nSPS) is 19.8. The summed E-state index contributed by atoms with van der Waals surface area (Å²) >= 11 is 0. The molecule has 1 aliphatic heterocycles. The van der Waals surface area contributed by atoms with E-state index < -0.39 is 9.84 Å². The Kier molecular flexibility index (Phi) is 7.28. The first kappa shape index (κ1) is 16.9. The van der Waals surface area contributed by atoms with Gasteiger partial charge in [-0.1, -0.05) is 0 Å². The van der Waals surface area contributed by atoms with Gasteiger partial charge >= 0.3 is 0 Å². The first-order valence-electron chi connectivity index (χ1n) is 7.32. The van der Waals surface area contributed by atoms with Crippen molar-refractivity contribution in [3.63, 3.8) is 0 Å². The summed E-state index contributed by atoms with van der Waals surface area (Å²) in [6.45, 7) is 10.1. The van der Waals surface area contributed by atoms with Gasteiger partial charge in [0, 0.05) is 19.6 Å². The summed E-state index contributed by atoms with van der Waals surface area (Å²) in [6.07, 6.45) is 2.16. The van der Waals surface area contributed by atoms with Gasteiger partial charge in [-0.3, -0.25) is 0 Å². The van der Waals surface area contributed by atoms with Crippen molar-refractivity contribution in [2.75, 3.05) is 51.6 Å². The van der Waals surface area contributed by atoms with E-state index in [1.54, 1.807) is 13.8 Å². The van der Waals surface area contributed by atoms with Gasteiger partial charge in [-0.15, -0.1) is 0 Å². The highest BCUT2D eigenvalue weighted by Crippen LogP contribution is 2.06. The highest BCUT2D eigenvalue weighted by Gasteiger charge is 2.19. The molecule has 0 atom stereocenters. The Morgan fingerprint density at radius 3 is 2.16 bits per heavy atom. The lowest BCUT2D eigenvalue weighted by Gasteiger charge is -2.21. The quantitative estimate of drug-likeness (QED) is 0.724. The molecular formula is C13H29N3O2S. The lowest BCUT2D eigenvalue weighted by molar-refractivity contribution is 0.262. The van der Waals surface area contributed by atoms with Crippen LogP contribution in [0.4, 0.5) is 0 Å². The van der Waals surface area contributed by atoms with Crippen molar-refractivity contribution in [2.24, 2.45) is 5.73 Å². The SMILES string of the molecule is CC(C)S(=O)(=O)CCN1CCCN(CCCN)CC1. The van der Waals surface area contributed by atoms with Crippen LogP contribution in [0.2, 0.25) is 0 Å². The van der Waals surface area contributed by atoms with E-state index in [9.17, 15) is 8.42 Å². The average Bonchev–Trinajstić information content (AvgIpc) is 2.59. The van der Waals surface area contributed by atoms with Crippen LogP contribution in [0.15, 0.2) is 0 Å². The van der Waals surface area contributed by atoms with Crippen LogP contribution >= 0.6 is 0 Å². The molecular weight excluding hydrogens is 262 g/mol. The summed E-state index contributed by atoms with van der Waals surface area (Å²) in [5.74, 6) is 0.285. The van der Waals surface area contributed by atoms with Gasteiger partial charge in [0.05, 0.1) is 11.0 Å². The molecule has 0 bridgehead atoms. The zero-order chi connectivity index (χ0) is 14.3. The van der Waals surface area contributed by atoms with Crippen molar-refractivity contribution in [1.82, 2.24) is 9.80 Å². The molecule has 0 aromatic carbocycles. The van der Waals surface area contributed by atoms with Crippen molar-refractivity contribution < 1.29 is 8.42 Å². The third kappa shape index (κ3) is 6.21. The van der Waals surface area contributed by atoms with Crippen molar-refractivity contribution >= 4 is 9.84 Å². The van der Waals surface area contributed by atoms with Gasteiger partial charge in [0.15, 0.2) is 9.84 Å². The number of sulfone groups is 1. The second-order valence-electron chi connectivity index (χ2n) is 5.59. The fourth-order valence-electron chi connectivity index (χ4n) is 2.28. The van der Waals surface area contributed by atoms with Crippen LogP contribution in [-0.4, -0.2) is 75.0 Å². The zero-order valence-corrected chi connectivity index (χ0v) is 13.2. The molecule has 6 heteroatoms. The van der Waals surface area contributed by atoms with E-state index in [0.29, 0.717) is 6.54 Å². The molecule has 1 fully saturated rings. The standard InChI is InChI=1S/C13H29N3O2S/c1-13(2)19(17,18)12-11-16-8-4-7-15(9-10-16)6-3-5-14/h13H,3-12,14H2,1-2H3. The predicted octanol–water partition coefficient (Wildman–Crippen LogP) is 0.166. The predicted molar refractivity (Wildman–Crippen MR) is 80.1 cm³/mol. The van der Waals surface area contributed by atoms with Gasteiger partial charge in [-0.25, -0.2) is 8.42 Å². The minimum atomic E-state index is -2.91. The Bertz CT molecular complexity index is 344. The van der Waals surface area contributed by atoms with E-state index in [1.165, 1.54) is 0 Å². The molecule has 0 saturated carbocycles. The molecule has 1 aliphatic rings. The third-order valence-corrected chi connectivity index (χ3v) is 5.96. The summed E-state index contributed by atoms with van der Waals surface area (Å²) in [5.41, 5.74) is 5.53. The maximum Gasteiger partial charge on any atom is 0.153 e. The van der Waals surface area contributed by atoms with Crippen molar-refractivity contribution in [2.45, 2.75) is 31.9 Å². The van der Waals surface area contributed by atoms with E-state index >= 15 is 0 Å². The van der Waals surface area contributed by atoms with Crippen LogP contribution in [0, 0.1) is 0 Å². The largest absolute Gasteiger partial charge is 0.330 e. The van der Waals surface area contributed by atoms with Gasteiger partial charge < -0.3 is 15.5 Å². The molecule has 2 N–H and O–H groups in total. The first-order valence-corrected chi connectivity index (χ1v) is 9.03. The first-order chi connectivity index (χ1) is 8.95.